The Balaban J connectivity index is 2.42. The Hall–Kier alpha value is -1.95. The van der Waals surface area contributed by atoms with E-state index in [1.54, 1.807) is 24.3 Å². The summed E-state index contributed by atoms with van der Waals surface area (Å²) in [5.41, 5.74) is 5.38. The van der Waals surface area contributed by atoms with Gasteiger partial charge in [-0.2, -0.15) is 8.42 Å². The third-order valence-electron chi connectivity index (χ3n) is 5.23. The Labute approximate surface area is 188 Å². The summed E-state index contributed by atoms with van der Waals surface area (Å²) in [7, 11) is -3.93. The van der Waals surface area contributed by atoms with E-state index in [9.17, 15) is 8.42 Å². The minimum Gasteiger partial charge on any atom is -0.285 e. The van der Waals surface area contributed by atoms with Gasteiger partial charge in [0.25, 0.3) is 10.1 Å². The highest BCUT2D eigenvalue weighted by Gasteiger charge is 2.27. The number of allylic oxidation sites excluding steroid dienone is 2. The predicted octanol–water partition coefficient (Wildman–Crippen LogP) is 6.56. The molecule has 31 heavy (non-hydrogen) atoms. The fraction of sp³-hybridized carbons (Fsp3) is 0.462. The molecule has 5 heteroatoms. The Kier molecular flexibility index (Phi) is 9.04. The summed E-state index contributed by atoms with van der Waals surface area (Å²) in [5, 5.41) is 3.32. The number of aryl methyl sites for hydroxylation is 2. The molecule has 0 saturated heterocycles. The van der Waals surface area contributed by atoms with Crippen LogP contribution in [-0.4, -0.2) is 14.5 Å². The third-order valence-corrected chi connectivity index (χ3v) is 6.52. The van der Waals surface area contributed by atoms with Crippen molar-refractivity contribution in [2.24, 2.45) is 0 Å². The van der Waals surface area contributed by atoms with Crippen molar-refractivity contribution >= 4 is 10.1 Å². The molecule has 0 bridgehead atoms. The Morgan fingerprint density at radius 1 is 0.968 bits per heavy atom. The minimum absolute atomic E-state index is 0.0487. The standard InChI is InChI=1S/C26H37NO3S/c1-18(2)9-8-10-22(7)24-16-13-21(6)17-25(24)26(27-19(3)4)30-31(28,29)23-14-11-20(5)12-15-23/h9,11-17,19,22,26-27H,8,10H2,1-7H3. The fourth-order valence-electron chi connectivity index (χ4n) is 3.51. The summed E-state index contributed by atoms with van der Waals surface area (Å²) in [6.07, 6.45) is 3.46. The van der Waals surface area contributed by atoms with E-state index >= 15 is 0 Å². The van der Waals surface area contributed by atoms with Gasteiger partial charge in [-0.05, 0) is 78.0 Å². The van der Waals surface area contributed by atoms with Gasteiger partial charge in [0.05, 0.1) is 4.90 Å². The highest BCUT2D eigenvalue weighted by Crippen LogP contribution is 2.32. The van der Waals surface area contributed by atoms with E-state index in [0.717, 1.165) is 35.1 Å². The lowest BCUT2D eigenvalue weighted by Gasteiger charge is -2.26. The maximum Gasteiger partial charge on any atom is 0.298 e. The van der Waals surface area contributed by atoms with Gasteiger partial charge < -0.3 is 0 Å². The molecule has 170 valence electrons. The van der Waals surface area contributed by atoms with E-state index in [1.165, 1.54) is 5.57 Å². The van der Waals surface area contributed by atoms with E-state index in [-0.39, 0.29) is 16.9 Å². The average molecular weight is 444 g/mol. The topological polar surface area (TPSA) is 55.4 Å². The highest BCUT2D eigenvalue weighted by molar-refractivity contribution is 7.86. The lowest BCUT2D eigenvalue weighted by atomic mass is 9.90. The molecule has 0 amide bonds. The van der Waals surface area contributed by atoms with Gasteiger partial charge in [0.15, 0.2) is 6.23 Å². The second-order valence-electron chi connectivity index (χ2n) is 8.96. The summed E-state index contributed by atoms with van der Waals surface area (Å²) >= 11 is 0. The second kappa shape index (κ2) is 11.1. The molecule has 0 fully saturated rings. The van der Waals surface area contributed by atoms with Crippen LogP contribution in [0.15, 0.2) is 59.0 Å². The molecule has 0 aliphatic carbocycles. The van der Waals surface area contributed by atoms with Gasteiger partial charge in [0.1, 0.15) is 0 Å². The zero-order chi connectivity index (χ0) is 23.2. The highest BCUT2D eigenvalue weighted by atomic mass is 32.2. The van der Waals surface area contributed by atoms with Gasteiger partial charge >= 0.3 is 0 Å². The van der Waals surface area contributed by atoms with Crippen molar-refractivity contribution in [2.45, 2.75) is 84.4 Å². The fourth-order valence-corrected chi connectivity index (χ4v) is 4.50. The van der Waals surface area contributed by atoms with Crippen molar-refractivity contribution in [3.63, 3.8) is 0 Å². The molecule has 0 aromatic heterocycles. The first-order valence-corrected chi connectivity index (χ1v) is 12.4. The predicted molar refractivity (Wildman–Crippen MR) is 129 cm³/mol. The maximum absolute atomic E-state index is 13.1. The van der Waals surface area contributed by atoms with Crippen LogP contribution in [0.5, 0.6) is 0 Å². The van der Waals surface area contributed by atoms with Crippen molar-refractivity contribution < 1.29 is 12.6 Å². The monoisotopic (exact) mass is 443 g/mol. The molecule has 2 atom stereocenters. The quantitative estimate of drug-likeness (QED) is 0.257. The summed E-state index contributed by atoms with van der Waals surface area (Å²) < 4.78 is 31.9. The molecule has 2 aromatic carbocycles. The van der Waals surface area contributed by atoms with E-state index in [1.807, 2.05) is 33.8 Å². The summed E-state index contributed by atoms with van der Waals surface area (Å²) in [5.74, 6) is 0.272. The molecule has 0 heterocycles. The molecule has 0 spiro atoms. The van der Waals surface area contributed by atoms with Crippen LogP contribution in [0.2, 0.25) is 0 Å². The van der Waals surface area contributed by atoms with Crippen LogP contribution < -0.4 is 5.32 Å². The van der Waals surface area contributed by atoms with Crippen LogP contribution in [0, 0.1) is 13.8 Å². The van der Waals surface area contributed by atoms with E-state index < -0.39 is 16.3 Å². The van der Waals surface area contributed by atoms with Crippen LogP contribution in [0.25, 0.3) is 0 Å². The normalized spacial score (nSPS) is 13.8. The number of hydrogen-bond acceptors (Lipinski definition) is 4. The zero-order valence-electron chi connectivity index (χ0n) is 19.9. The minimum atomic E-state index is -3.93. The molecule has 0 aliphatic rings. The first-order valence-electron chi connectivity index (χ1n) is 11.0. The zero-order valence-corrected chi connectivity index (χ0v) is 20.7. The summed E-state index contributed by atoms with van der Waals surface area (Å²) in [6, 6.07) is 13.0. The molecule has 0 radical (unpaired) electrons. The number of benzene rings is 2. The molecular formula is C26H37NO3S. The molecular weight excluding hydrogens is 406 g/mol. The van der Waals surface area contributed by atoms with Gasteiger partial charge in [-0.15, -0.1) is 0 Å². The van der Waals surface area contributed by atoms with Crippen LogP contribution in [0.1, 0.15) is 81.9 Å². The molecule has 2 unspecified atom stereocenters. The summed E-state index contributed by atoms with van der Waals surface area (Å²) in [4.78, 5) is 0.166. The number of rotatable bonds is 10. The first kappa shape index (κ1) is 25.3. The molecule has 0 aliphatic heterocycles. The van der Waals surface area contributed by atoms with Gasteiger partial charge in [-0.25, -0.2) is 4.18 Å². The van der Waals surface area contributed by atoms with Crippen molar-refractivity contribution in [1.82, 2.24) is 5.32 Å². The molecule has 4 nitrogen and oxygen atoms in total. The SMILES string of the molecule is CC(C)=CCCC(C)c1ccc(C)cc1C(NC(C)C)OS(=O)(=O)c1ccc(C)cc1. The smallest absolute Gasteiger partial charge is 0.285 e. The molecule has 2 rings (SSSR count). The van der Waals surface area contributed by atoms with E-state index in [0.29, 0.717) is 0 Å². The van der Waals surface area contributed by atoms with Crippen LogP contribution in [0.4, 0.5) is 0 Å². The van der Waals surface area contributed by atoms with Gasteiger partial charge in [0, 0.05) is 11.6 Å². The lowest BCUT2D eigenvalue weighted by molar-refractivity contribution is 0.161. The largest absolute Gasteiger partial charge is 0.298 e. The van der Waals surface area contributed by atoms with Crippen LogP contribution in [-0.2, 0) is 14.3 Å². The Bertz CT molecular complexity index is 988. The first-order chi connectivity index (χ1) is 14.5. The van der Waals surface area contributed by atoms with Crippen molar-refractivity contribution in [1.29, 1.82) is 0 Å². The summed E-state index contributed by atoms with van der Waals surface area (Å²) in [6.45, 7) is 14.3. The van der Waals surface area contributed by atoms with E-state index in [4.69, 9.17) is 4.18 Å². The maximum atomic E-state index is 13.1. The van der Waals surface area contributed by atoms with E-state index in [2.05, 4.69) is 44.3 Å². The third kappa shape index (κ3) is 7.60. The van der Waals surface area contributed by atoms with Gasteiger partial charge in [0.2, 0.25) is 0 Å². The van der Waals surface area contributed by atoms with Crippen molar-refractivity contribution in [2.75, 3.05) is 0 Å². The lowest BCUT2D eigenvalue weighted by Crippen LogP contribution is -2.32. The molecule has 2 aromatic rings. The number of hydrogen-bond donors (Lipinski definition) is 1. The van der Waals surface area contributed by atoms with Gasteiger partial charge in [-0.1, -0.05) is 60.0 Å². The van der Waals surface area contributed by atoms with Gasteiger partial charge in [-0.3, -0.25) is 5.32 Å². The molecule has 0 saturated carbocycles. The molecule has 1 N–H and O–H groups in total. The number of nitrogens with one attached hydrogen (secondary N) is 1. The average Bonchev–Trinajstić information content (AvgIpc) is 2.66. The van der Waals surface area contributed by atoms with Crippen molar-refractivity contribution in [3.05, 3.63) is 76.4 Å². The Morgan fingerprint density at radius 2 is 1.58 bits per heavy atom. The second-order valence-corrected chi connectivity index (χ2v) is 10.5. The Morgan fingerprint density at radius 3 is 2.16 bits per heavy atom. The van der Waals surface area contributed by atoms with Crippen molar-refractivity contribution in [3.8, 4) is 0 Å². The van der Waals surface area contributed by atoms with Crippen LogP contribution in [0.3, 0.4) is 0 Å². The van der Waals surface area contributed by atoms with Crippen LogP contribution >= 0.6 is 0 Å².